The number of nitrogens with zero attached hydrogens (tertiary/aromatic N) is 3. The van der Waals surface area contributed by atoms with E-state index in [4.69, 9.17) is 9.26 Å². The Morgan fingerprint density at radius 1 is 1.06 bits per heavy atom. The van der Waals surface area contributed by atoms with Crippen LogP contribution in [-0.2, 0) is 13.0 Å². The molecule has 2 heterocycles. The first-order valence-corrected chi connectivity index (χ1v) is 10.6. The molecule has 4 aromatic rings. The lowest BCUT2D eigenvalue weighted by molar-refractivity contribution is 0.136. The Morgan fingerprint density at radius 2 is 1.81 bits per heavy atom. The van der Waals surface area contributed by atoms with E-state index in [0.717, 1.165) is 22.3 Å². The molecule has 1 aliphatic rings. The van der Waals surface area contributed by atoms with E-state index < -0.39 is 0 Å². The van der Waals surface area contributed by atoms with Crippen molar-refractivity contribution in [1.82, 2.24) is 20.4 Å². The van der Waals surface area contributed by atoms with Gasteiger partial charge in [0.25, 0.3) is 0 Å². The number of urea groups is 1. The molecule has 0 bridgehead atoms. The predicted octanol–water partition coefficient (Wildman–Crippen LogP) is 4.13. The molecule has 0 radical (unpaired) electrons. The highest BCUT2D eigenvalue weighted by Crippen LogP contribution is 2.27. The van der Waals surface area contributed by atoms with Crippen LogP contribution in [0.4, 0.5) is 4.79 Å². The molecule has 1 fully saturated rings. The van der Waals surface area contributed by atoms with Crippen LogP contribution in [0.3, 0.4) is 0 Å². The van der Waals surface area contributed by atoms with Gasteiger partial charge in [0.1, 0.15) is 5.75 Å². The number of fused-ring (bicyclic) bond motifs is 1. The standard InChI is InChI=1S/C25H24N4O3/c1-31-22-12-5-3-8-18(22)13-23-27-24(32-28-23)20-15-29(16-20)25(30)26-14-19-10-6-9-17-7-2-4-11-21(17)19/h2-12,20H,13-16H2,1H3,(H,26,30). The fourth-order valence-corrected chi connectivity index (χ4v) is 4.05. The van der Waals surface area contributed by atoms with Crippen molar-refractivity contribution in [3.05, 3.63) is 89.6 Å². The fraction of sp³-hybridized carbons (Fsp3) is 0.240. The number of rotatable bonds is 6. The summed E-state index contributed by atoms with van der Waals surface area (Å²) in [5.74, 6) is 2.06. The van der Waals surface area contributed by atoms with Crippen LogP contribution in [0.25, 0.3) is 10.8 Å². The van der Waals surface area contributed by atoms with Gasteiger partial charge in [-0.25, -0.2) is 4.79 Å². The topological polar surface area (TPSA) is 80.5 Å². The zero-order valence-corrected chi connectivity index (χ0v) is 17.8. The van der Waals surface area contributed by atoms with Gasteiger partial charge >= 0.3 is 6.03 Å². The number of para-hydroxylation sites is 1. The van der Waals surface area contributed by atoms with Crippen molar-refractivity contribution >= 4 is 16.8 Å². The molecule has 7 heteroatoms. The van der Waals surface area contributed by atoms with Gasteiger partial charge in [-0.15, -0.1) is 0 Å². The molecule has 0 unspecified atom stereocenters. The predicted molar refractivity (Wildman–Crippen MR) is 121 cm³/mol. The second kappa shape index (κ2) is 8.70. The maximum absolute atomic E-state index is 12.6. The minimum atomic E-state index is -0.0806. The van der Waals surface area contributed by atoms with Crippen molar-refractivity contribution in [3.8, 4) is 5.75 Å². The summed E-state index contributed by atoms with van der Waals surface area (Å²) in [4.78, 5) is 18.9. The van der Waals surface area contributed by atoms with Crippen LogP contribution in [0.5, 0.6) is 5.75 Å². The number of hydrogen-bond donors (Lipinski definition) is 1. The molecule has 1 aromatic heterocycles. The molecule has 2 amide bonds. The van der Waals surface area contributed by atoms with E-state index in [1.807, 2.05) is 48.5 Å². The largest absolute Gasteiger partial charge is 0.496 e. The van der Waals surface area contributed by atoms with Crippen molar-refractivity contribution < 1.29 is 14.1 Å². The molecule has 1 N–H and O–H groups in total. The maximum Gasteiger partial charge on any atom is 0.317 e. The average Bonchev–Trinajstić information content (AvgIpc) is 3.25. The number of carbonyl (C=O) groups excluding carboxylic acids is 1. The molecular formula is C25H24N4O3. The van der Waals surface area contributed by atoms with E-state index in [1.165, 1.54) is 5.39 Å². The number of likely N-dealkylation sites (tertiary alicyclic amines) is 1. The second-order valence-electron chi connectivity index (χ2n) is 7.94. The zero-order valence-electron chi connectivity index (χ0n) is 17.8. The lowest BCUT2D eigenvalue weighted by atomic mass is 10.0. The van der Waals surface area contributed by atoms with Gasteiger partial charge in [-0.3, -0.25) is 0 Å². The average molecular weight is 428 g/mol. The van der Waals surface area contributed by atoms with E-state index in [9.17, 15) is 4.79 Å². The molecule has 32 heavy (non-hydrogen) atoms. The Labute approximate surface area is 186 Å². The van der Waals surface area contributed by atoms with Crippen molar-refractivity contribution in [1.29, 1.82) is 0 Å². The Hall–Kier alpha value is -3.87. The van der Waals surface area contributed by atoms with E-state index in [-0.39, 0.29) is 11.9 Å². The van der Waals surface area contributed by atoms with Gasteiger partial charge in [-0.1, -0.05) is 65.8 Å². The molecule has 0 spiro atoms. The van der Waals surface area contributed by atoms with E-state index in [1.54, 1.807) is 12.0 Å². The number of carbonyl (C=O) groups is 1. The minimum Gasteiger partial charge on any atom is -0.496 e. The number of nitrogens with one attached hydrogen (secondary N) is 1. The first kappa shape index (κ1) is 20.1. The van der Waals surface area contributed by atoms with Crippen LogP contribution < -0.4 is 10.1 Å². The number of benzene rings is 3. The number of amides is 2. The molecule has 1 aliphatic heterocycles. The third-order valence-electron chi connectivity index (χ3n) is 5.85. The van der Waals surface area contributed by atoms with Crippen molar-refractivity contribution in [2.24, 2.45) is 0 Å². The Morgan fingerprint density at radius 3 is 2.69 bits per heavy atom. The first-order valence-electron chi connectivity index (χ1n) is 10.6. The van der Waals surface area contributed by atoms with Crippen LogP contribution >= 0.6 is 0 Å². The van der Waals surface area contributed by atoms with Crippen LogP contribution in [0.2, 0.25) is 0 Å². The van der Waals surface area contributed by atoms with Gasteiger partial charge < -0.3 is 19.5 Å². The molecule has 0 aliphatic carbocycles. The molecule has 3 aromatic carbocycles. The number of ether oxygens (including phenoxy) is 1. The zero-order chi connectivity index (χ0) is 21.9. The maximum atomic E-state index is 12.6. The van der Waals surface area contributed by atoms with Gasteiger partial charge in [-0.05, 0) is 22.4 Å². The minimum absolute atomic E-state index is 0.0669. The summed E-state index contributed by atoms with van der Waals surface area (Å²) in [5.41, 5.74) is 2.11. The Bertz CT molecular complexity index is 1240. The van der Waals surface area contributed by atoms with E-state index in [0.29, 0.717) is 37.8 Å². The second-order valence-corrected chi connectivity index (χ2v) is 7.94. The van der Waals surface area contributed by atoms with Gasteiger partial charge in [-0.2, -0.15) is 4.98 Å². The third kappa shape index (κ3) is 4.01. The summed E-state index contributed by atoms with van der Waals surface area (Å²) in [7, 11) is 1.65. The van der Waals surface area contributed by atoms with Crippen molar-refractivity contribution in [3.63, 3.8) is 0 Å². The lowest BCUT2D eigenvalue weighted by Crippen LogP contribution is -2.52. The smallest absolute Gasteiger partial charge is 0.317 e. The summed E-state index contributed by atoms with van der Waals surface area (Å²) in [5, 5.41) is 9.45. The van der Waals surface area contributed by atoms with Gasteiger partial charge in [0.15, 0.2) is 5.82 Å². The first-order chi connectivity index (χ1) is 15.7. The number of hydrogen-bond acceptors (Lipinski definition) is 5. The number of aromatic nitrogens is 2. The van der Waals surface area contributed by atoms with Gasteiger partial charge in [0.2, 0.25) is 5.89 Å². The van der Waals surface area contributed by atoms with E-state index in [2.05, 4.69) is 33.7 Å². The highest BCUT2D eigenvalue weighted by molar-refractivity contribution is 5.86. The quantitative estimate of drug-likeness (QED) is 0.499. The summed E-state index contributed by atoms with van der Waals surface area (Å²) in [6, 6.07) is 22.0. The molecule has 162 valence electrons. The Balaban J connectivity index is 1.15. The summed E-state index contributed by atoms with van der Waals surface area (Å²) >= 11 is 0. The molecule has 7 nitrogen and oxygen atoms in total. The molecule has 0 atom stereocenters. The summed E-state index contributed by atoms with van der Waals surface area (Å²) in [6.07, 6.45) is 0.537. The highest BCUT2D eigenvalue weighted by Gasteiger charge is 2.35. The molecule has 5 rings (SSSR count). The summed E-state index contributed by atoms with van der Waals surface area (Å²) in [6.45, 7) is 1.63. The van der Waals surface area contributed by atoms with Crippen LogP contribution in [0.1, 0.15) is 28.8 Å². The highest BCUT2D eigenvalue weighted by atomic mass is 16.5. The molecular weight excluding hydrogens is 404 g/mol. The van der Waals surface area contributed by atoms with E-state index >= 15 is 0 Å². The summed E-state index contributed by atoms with van der Waals surface area (Å²) < 4.78 is 10.8. The molecule has 0 saturated carbocycles. The Kier molecular flexibility index (Phi) is 5.46. The lowest BCUT2D eigenvalue weighted by Gasteiger charge is -2.36. The van der Waals surface area contributed by atoms with Crippen LogP contribution in [-0.4, -0.2) is 41.3 Å². The van der Waals surface area contributed by atoms with Crippen molar-refractivity contribution in [2.45, 2.75) is 18.9 Å². The monoisotopic (exact) mass is 428 g/mol. The SMILES string of the molecule is COc1ccccc1Cc1noc(C2CN(C(=O)NCc3cccc4ccccc34)C2)n1. The van der Waals surface area contributed by atoms with Crippen LogP contribution in [0.15, 0.2) is 71.3 Å². The van der Waals surface area contributed by atoms with Gasteiger partial charge in [0.05, 0.1) is 13.0 Å². The molecule has 1 saturated heterocycles. The third-order valence-corrected chi connectivity index (χ3v) is 5.85. The normalized spacial score (nSPS) is 13.7. The van der Waals surface area contributed by atoms with Crippen molar-refractivity contribution in [2.75, 3.05) is 20.2 Å². The van der Waals surface area contributed by atoms with Gasteiger partial charge in [0, 0.05) is 31.6 Å². The van der Waals surface area contributed by atoms with Crippen LogP contribution in [0, 0.1) is 0 Å². The fourth-order valence-electron chi connectivity index (χ4n) is 4.05. The number of methoxy groups -OCH3 is 1.